The highest BCUT2D eigenvalue weighted by Crippen LogP contribution is 2.15. The van der Waals surface area contributed by atoms with Gasteiger partial charge in [-0.2, -0.15) is 0 Å². The van der Waals surface area contributed by atoms with Crippen molar-refractivity contribution in [3.8, 4) is 0 Å². The van der Waals surface area contributed by atoms with E-state index < -0.39 is 0 Å². The highest BCUT2D eigenvalue weighted by atomic mass is 16.2. The summed E-state index contributed by atoms with van der Waals surface area (Å²) < 4.78 is 0. The lowest BCUT2D eigenvalue weighted by atomic mass is 10.0. The first-order chi connectivity index (χ1) is 4.72. The molecular formula is C8H13NO. The minimum absolute atomic E-state index is 0.271. The number of hydrogen-bond acceptors (Lipinski definition) is 1. The first-order valence-electron chi connectivity index (χ1n) is 3.78. The Morgan fingerprint density at radius 3 is 2.70 bits per heavy atom. The smallest absolute Gasteiger partial charge is 0.227 e. The topological polar surface area (TPSA) is 20.3 Å². The van der Waals surface area contributed by atoms with E-state index in [4.69, 9.17) is 6.92 Å². The molecule has 1 aliphatic heterocycles. The van der Waals surface area contributed by atoms with Gasteiger partial charge in [0.05, 0.1) is 6.92 Å². The Bertz CT molecular complexity index is 133. The number of hydrogen-bond donors (Lipinski definition) is 0. The molecule has 2 nitrogen and oxygen atoms in total. The molecule has 1 unspecified atom stereocenters. The molecule has 0 spiro atoms. The number of amides is 1. The monoisotopic (exact) mass is 139 g/mol. The number of carbonyl (C=O) groups is 1. The molecule has 0 bridgehead atoms. The maximum absolute atomic E-state index is 10.7. The largest absolute Gasteiger partial charge is 0.340 e. The minimum Gasteiger partial charge on any atom is -0.340 e. The molecule has 2 heteroatoms. The third-order valence-corrected chi connectivity index (χ3v) is 2.09. The molecule has 0 aliphatic carbocycles. The highest BCUT2D eigenvalue weighted by molar-refractivity contribution is 5.80. The van der Waals surface area contributed by atoms with Crippen LogP contribution in [-0.4, -0.2) is 23.4 Å². The van der Waals surface area contributed by atoms with Gasteiger partial charge in [0, 0.05) is 12.6 Å². The van der Waals surface area contributed by atoms with Crippen LogP contribution in [0.5, 0.6) is 0 Å². The Kier molecular flexibility index (Phi) is 2.30. The van der Waals surface area contributed by atoms with Gasteiger partial charge in [0.2, 0.25) is 5.91 Å². The summed E-state index contributed by atoms with van der Waals surface area (Å²) in [5.74, 6) is -0.271. The Labute approximate surface area is 62.2 Å². The summed E-state index contributed by atoms with van der Waals surface area (Å²) in [7, 11) is 0. The van der Waals surface area contributed by atoms with Gasteiger partial charge >= 0.3 is 0 Å². The van der Waals surface area contributed by atoms with Gasteiger partial charge in [0.15, 0.2) is 0 Å². The summed E-state index contributed by atoms with van der Waals surface area (Å²) in [6.07, 6.45) is 3.43. The lowest BCUT2D eigenvalue weighted by molar-refractivity contribution is -0.129. The van der Waals surface area contributed by atoms with Crippen LogP contribution in [0.25, 0.3) is 0 Å². The van der Waals surface area contributed by atoms with Crippen LogP contribution in [0.1, 0.15) is 26.2 Å². The van der Waals surface area contributed by atoms with Crippen molar-refractivity contribution in [1.82, 2.24) is 4.90 Å². The van der Waals surface area contributed by atoms with Gasteiger partial charge in [-0.1, -0.05) is 0 Å². The maximum Gasteiger partial charge on any atom is 0.227 e. The first-order valence-corrected chi connectivity index (χ1v) is 3.78. The molecule has 0 saturated carbocycles. The number of rotatable bonds is 0. The Hall–Kier alpha value is -0.530. The van der Waals surface area contributed by atoms with E-state index in [1.165, 1.54) is 6.42 Å². The van der Waals surface area contributed by atoms with Crippen LogP contribution in [0.2, 0.25) is 0 Å². The van der Waals surface area contributed by atoms with E-state index in [9.17, 15) is 4.79 Å². The van der Waals surface area contributed by atoms with Gasteiger partial charge in [-0.3, -0.25) is 4.79 Å². The zero-order valence-corrected chi connectivity index (χ0v) is 6.34. The minimum atomic E-state index is -0.271. The summed E-state index contributed by atoms with van der Waals surface area (Å²) >= 11 is 0. The predicted molar refractivity (Wildman–Crippen MR) is 39.3 cm³/mol. The van der Waals surface area contributed by atoms with E-state index in [1.807, 2.05) is 6.92 Å². The van der Waals surface area contributed by atoms with Crippen LogP contribution in [-0.2, 0) is 4.79 Å². The van der Waals surface area contributed by atoms with E-state index in [1.54, 1.807) is 4.90 Å². The van der Waals surface area contributed by atoms with Crippen molar-refractivity contribution in [3.63, 3.8) is 0 Å². The van der Waals surface area contributed by atoms with Gasteiger partial charge in [-0.05, 0) is 26.2 Å². The number of nitrogens with zero attached hydrogens (tertiary/aromatic N) is 1. The summed E-state index contributed by atoms with van der Waals surface area (Å²) in [6.45, 7) is 8.03. The number of carbonyl (C=O) groups excluding carboxylic acids is 1. The fourth-order valence-corrected chi connectivity index (χ4v) is 1.43. The standard InChI is InChI=1S/C8H13NO/c1-7-5-3-4-6-9(7)8(2)10/h2,7H,3-6H2,1H3. The molecule has 1 saturated heterocycles. The fraction of sp³-hybridized carbons (Fsp3) is 0.750. The van der Waals surface area contributed by atoms with Crippen LogP contribution < -0.4 is 0 Å². The van der Waals surface area contributed by atoms with Gasteiger partial charge < -0.3 is 4.90 Å². The van der Waals surface area contributed by atoms with Crippen LogP contribution >= 0.6 is 0 Å². The molecule has 1 aliphatic rings. The maximum atomic E-state index is 10.7. The highest BCUT2D eigenvalue weighted by Gasteiger charge is 2.19. The molecule has 0 aromatic rings. The van der Waals surface area contributed by atoms with Crippen LogP contribution in [0, 0.1) is 6.92 Å². The van der Waals surface area contributed by atoms with Crippen molar-refractivity contribution in [1.29, 1.82) is 0 Å². The second kappa shape index (κ2) is 3.04. The van der Waals surface area contributed by atoms with Gasteiger partial charge in [0.25, 0.3) is 0 Å². The lowest BCUT2D eigenvalue weighted by Crippen LogP contribution is -2.40. The van der Waals surface area contributed by atoms with Gasteiger partial charge in [-0.15, -0.1) is 0 Å². The molecule has 0 N–H and O–H groups in total. The molecule has 1 fully saturated rings. The van der Waals surface area contributed by atoms with Crippen molar-refractivity contribution in [2.75, 3.05) is 6.54 Å². The quantitative estimate of drug-likeness (QED) is 0.492. The summed E-state index contributed by atoms with van der Waals surface area (Å²) in [5.41, 5.74) is 0. The molecule has 0 aromatic heterocycles. The normalized spacial score (nSPS) is 26.6. The fourth-order valence-electron chi connectivity index (χ4n) is 1.43. The third-order valence-electron chi connectivity index (χ3n) is 2.09. The Balaban J connectivity index is 2.47. The van der Waals surface area contributed by atoms with Crippen LogP contribution in [0.3, 0.4) is 0 Å². The molecule has 1 atom stereocenters. The third kappa shape index (κ3) is 1.49. The molecule has 1 amide bonds. The van der Waals surface area contributed by atoms with E-state index in [0.717, 1.165) is 19.4 Å². The molecule has 1 rings (SSSR count). The molecule has 56 valence electrons. The Morgan fingerprint density at radius 2 is 2.30 bits per heavy atom. The zero-order valence-electron chi connectivity index (χ0n) is 6.34. The van der Waals surface area contributed by atoms with Gasteiger partial charge in [-0.25, -0.2) is 0 Å². The van der Waals surface area contributed by atoms with Crippen LogP contribution in [0.15, 0.2) is 0 Å². The van der Waals surface area contributed by atoms with E-state index in [0.29, 0.717) is 6.04 Å². The van der Waals surface area contributed by atoms with Crippen molar-refractivity contribution >= 4 is 5.91 Å². The summed E-state index contributed by atoms with van der Waals surface area (Å²) in [5, 5.41) is 0. The second-order valence-electron chi connectivity index (χ2n) is 2.88. The molecule has 2 radical (unpaired) electrons. The van der Waals surface area contributed by atoms with Crippen molar-refractivity contribution < 1.29 is 4.79 Å². The summed E-state index contributed by atoms with van der Waals surface area (Å²) in [6, 6.07) is 0.353. The second-order valence-corrected chi connectivity index (χ2v) is 2.88. The van der Waals surface area contributed by atoms with Crippen molar-refractivity contribution in [2.24, 2.45) is 0 Å². The lowest BCUT2D eigenvalue weighted by Gasteiger charge is -2.32. The average Bonchev–Trinajstić information content (AvgIpc) is 1.88. The summed E-state index contributed by atoms with van der Waals surface area (Å²) in [4.78, 5) is 12.5. The first kappa shape index (κ1) is 7.58. The number of likely N-dealkylation sites (tertiary alicyclic amines) is 1. The Morgan fingerprint density at radius 1 is 1.60 bits per heavy atom. The molecule has 10 heavy (non-hydrogen) atoms. The van der Waals surface area contributed by atoms with Crippen molar-refractivity contribution in [2.45, 2.75) is 32.2 Å². The average molecular weight is 139 g/mol. The molecular weight excluding hydrogens is 126 g/mol. The number of piperidine rings is 1. The molecule has 0 aromatic carbocycles. The van der Waals surface area contributed by atoms with Gasteiger partial charge in [0.1, 0.15) is 0 Å². The van der Waals surface area contributed by atoms with Crippen molar-refractivity contribution in [3.05, 3.63) is 6.92 Å². The molecule has 1 heterocycles. The predicted octanol–water partition coefficient (Wildman–Crippen LogP) is 1.10. The van der Waals surface area contributed by atoms with E-state index in [2.05, 4.69) is 0 Å². The van der Waals surface area contributed by atoms with E-state index >= 15 is 0 Å². The zero-order chi connectivity index (χ0) is 7.56. The van der Waals surface area contributed by atoms with Crippen LogP contribution in [0.4, 0.5) is 0 Å². The SMILES string of the molecule is [CH]C(=O)N1CCCCC1C. The van der Waals surface area contributed by atoms with E-state index in [-0.39, 0.29) is 5.91 Å².